The molecule has 3 heteroatoms. The predicted molar refractivity (Wildman–Crippen MR) is 159 cm³/mol. The molecule has 0 aliphatic carbocycles. The molecule has 0 heterocycles. The van der Waals surface area contributed by atoms with Crippen molar-refractivity contribution in [3.63, 3.8) is 0 Å². The normalized spacial score (nSPS) is 11.8. The summed E-state index contributed by atoms with van der Waals surface area (Å²) < 4.78 is 11.9. The summed E-state index contributed by atoms with van der Waals surface area (Å²) in [5, 5.41) is 0. The zero-order valence-electron chi connectivity index (χ0n) is 23.9. The lowest BCUT2D eigenvalue weighted by molar-refractivity contribution is 0.0733. The van der Waals surface area contributed by atoms with Crippen LogP contribution in [-0.2, 0) is 12.8 Å². The third kappa shape index (κ3) is 9.35. The van der Waals surface area contributed by atoms with Gasteiger partial charge in [0, 0.05) is 0 Å². The highest BCUT2D eigenvalue weighted by atomic mass is 16.5. The van der Waals surface area contributed by atoms with Crippen LogP contribution in [0.3, 0.4) is 0 Å². The Bertz CT molecular complexity index is 1100. The Kier molecular flexibility index (Phi) is 12.4. The van der Waals surface area contributed by atoms with Crippen molar-refractivity contribution in [3.8, 4) is 22.6 Å². The second-order valence-electron chi connectivity index (χ2n) is 10.5. The van der Waals surface area contributed by atoms with E-state index in [1.165, 1.54) is 31.2 Å². The van der Waals surface area contributed by atoms with Crippen molar-refractivity contribution in [2.45, 2.75) is 91.9 Å². The first-order valence-electron chi connectivity index (χ1n) is 14.7. The van der Waals surface area contributed by atoms with Crippen LogP contribution >= 0.6 is 0 Å². The van der Waals surface area contributed by atoms with Crippen molar-refractivity contribution in [2.75, 3.05) is 6.61 Å². The molecule has 1 atom stereocenters. The molecule has 0 N–H and O–H groups in total. The van der Waals surface area contributed by atoms with Gasteiger partial charge in [0.2, 0.25) is 0 Å². The molecule has 3 aromatic rings. The van der Waals surface area contributed by atoms with E-state index in [0.717, 1.165) is 67.6 Å². The fraction of sp³-hybridized carbons (Fsp3) is 0.457. The van der Waals surface area contributed by atoms with Gasteiger partial charge in [0.15, 0.2) is 0 Å². The Labute approximate surface area is 230 Å². The van der Waals surface area contributed by atoms with Crippen LogP contribution in [0.5, 0.6) is 11.5 Å². The molecule has 0 saturated carbocycles. The average molecular weight is 515 g/mol. The van der Waals surface area contributed by atoms with Crippen LogP contribution in [0.2, 0.25) is 0 Å². The third-order valence-corrected chi connectivity index (χ3v) is 7.24. The number of carbonyl (C=O) groups excluding carboxylic acids is 1. The number of carbonyl (C=O) groups is 1. The lowest BCUT2D eigenvalue weighted by Crippen LogP contribution is -2.10. The number of benzene rings is 3. The predicted octanol–water partition coefficient (Wildman–Crippen LogP) is 9.85. The van der Waals surface area contributed by atoms with E-state index in [0.29, 0.717) is 17.2 Å². The summed E-state index contributed by atoms with van der Waals surface area (Å²) in [7, 11) is 0. The van der Waals surface area contributed by atoms with Gasteiger partial charge in [-0.3, -0.25) is 0 Å². The molecule has 0 aliphatic heterocycles. The Morgan fingerprint density at radius 3 is 2.08 bits per heavy atom. The summed E-state index contributed by atoms with van der Waals surface area (Å²) in [6, 6.07) is 22.3. The molecule has 0 bridgehead atoms. The summed E-state index contributed by atoms with van der Waals surface area (Å²) in [6.45, 7) is 9.66. The number of hydrogen-bond acceptors (Lipinski definition) is 3. The SMILES string of the molecule is CCCCCCOc1ccc(OC(=O)c2ccc(-c3ccc(C[C@@H](C)CC)cc3)cc2)c(CCCCC)c1. The van der Waals surface area contributed by atoms with Crippen LogP contribution in [0.25, 0.3) is 11.1 Å². The van der Waals surface area contributed by atoms with Gasteiger partial charge in [0.1, 0.15) is 11.5 Å². The summed E-state index contributed by atoms with van der Waals surface area (Å²) >= 11 is 0. The monoisotopic (exact) mass is 514 g/mol. The van der Waals surface area contributed by atoms with Crippen molar-refractivity contribution in [2.24, 2.45) is 5.92 Å². The van der Waals surface area contributed by atoms with Gasteiger partial charge < -0.3 is 9.47 Å². The highest BCUT2D eigenvalue weighted by Crippen LogP contribution is 2.28. The first-order valence-corrected chi connectivity index (χ1v) is 14.7. The molecule has 38 heavy (non-hydrogen) atoms. The van der Waals surface area contributed by atoms with E-state index in [9.17, 15) is 4.79 Å². The molecule has 3 nitrogen and oxygen atoms in total. The quantitative estimate of drug-likeness (QED) is 0.108. The largest absolute Gasteiger partial charge is 0.494 e. The molecule has 0 radical (unpaired) electrons. The number of unbranched alkanes of at least 4 members (excludes halogenated alkanes) is 5. The van der Waals surface area contributed by atoms with Gasteiger partial charge in [-0.1, -0.05) is 103 Å². The molecule has 0 unspecified atom stereocenters. The van der Waals surface area contributed by atoms with Gasteiger partial charge in [0.25, 0.3) is 0 Å². The average Bonchev–Trinajstić information content (AvgIpc) is 2.94. The molecule has 204 valence electrons. The molecule has 0 amide bonds. The minimum atomic E-state index is -0.328. The molecular weight excluding hydrogens is 468 g/mol. The summed E-state index contributed by atoms with van der Waals surface area (Å²) in [6.07, 6.45) is 11.2. The van der Waals surface area contributed by atoms with Crippen molar-refractivity contribution < 1.29 is 14.3 Å². The Morgan fingerprint density at radius 1 is 0.763 bits per heavy atom. The zero-order chi connectivity index (χ0) is 27.2. The maximum atomic E-state index is 13.0. The minimum Gasteiger partial charge on any atom is -0.494 e. The minimum absolute atomic E-state index is 0.328. The van der Waals surface area contributed by atoms with Crippen LogP contribution < -0.4 is 9.47 Å². The highest BCUT2D eigenvalue weighted by molar-refractivity contribution is 5.91. The summed E-state index contributed by atoms with van der Waals surface area (Å²) in [5.74, 6) is 1.85. The van der Waals surface area contributed by atoms with E-state index in [1.807, 2.05) is 42.5 Å². The second-order valence-corrected chi connectivity index (χ2v) is 10.5. The fourth-order valence-corrected chi connectivity index (χ4v) is 4.56. The van der Waals surface area contributed by atoms with Crippen molar-refractivity contribution in [1.29, 1.82) is 0 Å². The Hall–Kier alpha value is -3.07. The van der Waals surface area contributed by atoms with Gasteiger partial charge in [0.05, 0.1) is 12.2 Å². The standard InChI is InChI=1S/C35H46O3/c1-5-8-10-12-24-37-33-22-23-34(32(26-33)13-11-9-6-2)38-35(36)31-20-18-30(19-21-31)29-16-14-28(15-17-29)25-27(4)7-3/h14-23,26-27H,5-13,24-25H2,1-4H3/t27-/m0/s1. The third-order valence-electron chi connectivity index (χ3n) is 7.24. The Balaban J connectivity index is 1.65. The van der Waals surface area contributed by atoms with Crippen molar-refractivity contribution in [3.05, 3.63) is 83.4 Å². The maximum absolute atomic E-state index is 13.0. The lowest BCUT2D eigenvalue weighted by atomic mass is 9.96. The number of aryl methyl sites for hydroxylation is 1. The fourth-order valence-electron chi connectivity index (χ4n) is 4.56. The molecule has 0 aliphatic rings. The molecule has 3 aromatic carbocycles. The van der Waals surface area contributed by atoms with Crippen LogP contribution in [0.1, 0.15) is 101 Å². The first-order chi connectivity index (χ1) is 18.5. The van der Waals surface area contributed by atoms with E-state index in [-0.39, 0.29) is 5.97 Å². The number of hydrogen-bond donors (Lipinski definition) is 0. The number of ether oxygens (including phenoxy) is 2. The van der Waals surface area contributed by atoms with Crippen LogP contribution in [-0.4, -0.2) is 12.6 Å². The van der Waals surface area contributed by atoms with Gasteiger partial charge >= 0.3 is 5.97 Å². The zero-order valence-corrected chi connectivity index (χ0v) is 23.9. The first kappa shape index (κ1) is 29.5. The second kappa shape index (κ2) is 16.0. The van der Waals surface area contributed by atoms with Crippen LogP contribution in [0.4, 0.5) is 0 Å². The Morgan fingerprint density at radius 2 is 1.42 bits per heavy atom. The molecule has 0 spiro atoms. The van der Waals surface area contributed by atoms with Crippen LogP contribution in [0, 0.1) is 5.92 Å². The summed E-state index contributed by atoms with van der Waals surface area (Å²) in [5.41, 5.74) is 5.20. The van der Waals surface area contributed by atoms with E-state index in [4.69, 9.17) is 9.47 Å². The van der Waals surface area contributed by atoms with E-state index in [2.05, 4.69) is 52.0 Å². The van der Waals surface area contributed by atoms with Gasteiger partial charge in [-0.05, 0) is 84.2 Å². The lowest BCUT2D eigenvalue weighted by Gasteiger charge is -2.13. The maximum Gasteiger partial charge on any atom is 0.343 e. The highest BCUT2D eigenvalue weighted by Gasteiger charge is 2.14. The van der Waals surface area contributed by atoms with Gasteiger partial charge in [-0.15, -0.1) is 0 Å². The van der Waals surface area contributed by atoms with Gasteiger partial charge in [-0.25, -0.2) is 4.79 Å². The molecular formula is C35H46O3. The molecule has 0 fully saturated rings. The molecule has 0 aromatic heterocycles. The van der Waals surface area contributed by atoms with E-state index < -0.39 is 0 Å². The smallest absolute Gasteiger partial charge is 0.343 e. The van der Waals surface area contributed by atoms with E-state index in [1.54, 1.807) is 0 Å². The van der Waals surface area contributed by atoms with Crippen molar-refractivity contribution in [1.82, 2.24) is 0 Å². The van der Waals surface area contributed by atoms with Gasteiger partial charge in [-0.2, -0.15) is 0 Å². The van der Waals surface area contributed by atoms with Crippen LogP contribution in [0.15, 0.2) is 66.7 Å². The van der Waals surface area contributed by atoms with E-state index >= 15 is 0 Å². The molecule has 3 rings (SSSR count). The number of rotatable bonds is 16. The summed E-state index contributed by atoms with van der Waals surface area (Å²) in [4.78, 5) is 13.0. The topological polar surface area (TPSA) is 35.5 Å². The molecule has 0 saturated heterocycles. The van der Waals surface area contributed by atoms with Crippen molar-refractivity contribution >= 4 is 5.97 Å². The number of esters is 1.